The number of rotatable bonds is 14. The predicted molar refractivity (Wildman–Crippen MR) is 216 cm³/mol. The molecule has 3 aliphatic heterocycles. The van der Waals surface area contributed by atoms with Gasteiger partial charge in [0.25, 0.3) is 5.56 Å². The molecule has 0 amide bonds. The van der Waals surface area contributed by atoms with Gasteiger partial charge in [0.1, 0.15) is 35.3 Å². The maximum atomic E-state index is 13.4. The molecule has 1 saturated heterocycles. The maximum Gasteiger partial charge on any atom is 0.340 e. The van der Waals surface area contributed by atoms with Gasteiger partial charge in [-0.1, -0.05) is 12.5 Å². The number of hydrogen-bond donors (Lipinski definition) is 8. The van der Waals surface area contributed by atoms with Gasteiger partial charge in [0.05, 0.1) is 24.9 Å². The molecule has 8 N–H and O–H groups in total. The Labute approximate surface area is 341 Å². The zero-order valence-corrected chi connectivity index (χ0v) is 33.5. The fourth-order valence-corrected chi connectivity index (χ4v) is 8.58. The van der Waals surface area contributed by atoms with E-state index in [0.29, 0.717) is 64.4 Å². The summed E-state index contributed by atoms with van der Waals surface area (Å²) in [5.41, 5.74) is 0.159. The van der Waals surface area contributed by atoms with Crippen LogP contribution in [-0.4, -0.2) is 84.5 Å². The quantitative estimate of drug-likeness (QED) is 0.0392. The van der Waals surface area contributed by atoms with Gasteiger partial charge < -0.3 is 59.2 Å². The number of aryl methyl sites for hydroxylation is 1. The number of aromatic amines is 1. The Bertz CT molecular complexity index is 2360. The van der Waals surface area contributed by atoms with E-state index in [1.165, 1.54) is 42.0 Å². The lowest BCUT2D eigenvalue weighted by atomic mass is 9.77. The summed E-state index contributed by atoms with van der Waals surface area (Å²) in [4.78, 5) is 50.1. The van der Waals surface area contributed by atoms with Crippen molar-refractivity contribution in [3.8, 4) is 23.0 Å². The fraction of sp³-hybridized carbons (Fsp3) is 0.368. The number of aliphatic hydroxyl groups excluding tert-OH is 2. The molecule has 308 valence electrons. The molecule has 4 heterocycles. The van der Waals surface area contributed by atoms with Gasteiger partial charge in [0.2, 0.25) is 0 Å². The minimum atomic E-state index is -3.77. The van der Waals surface area contributed by atoms with E-state index < -0.39 is 48.0 Å². The van der Waals surface area contributed by atoms with Crippen LogP contribution in [0.25, 0.3) is 0 Å². The van der Waals surface area contributed by atoms with Crippen LogP contribution in [0.15, 0.2) is 70.4 Å². The number of hydrogen-bond acceptors (Lipinski definition) is 14. The molecule has 1 spiro atoms. The van der Waals surface area contributed by atoms with Crippen LogP contribution < -0.4 is 26.6 Å². The van der Waals surface area contributed by atoms with Crippen LogP contribution >= 0.6 is 18.9 Å². The van der Waals surface area contributed by atoms with Crippen LogP contribution in [-0.2, 0) is 35.9 Å². The van der Waals surface area contributed by atoms with Gasteiger partial charge in [-0.3, -0.25) is 14.3 Å². The number of esters is 1. The number of carbonyl (C=O) groups is 1. The number of carbonyl (C=O) groups excluding carboxylic acids is 1. The van der Waals surface area contributed by atoms with Crippen LogP contribution in [0.4, 0.5) is 5.69 Å². The molecule has 7 rings (SSSR count). The zero-order chi connectivity index (χ0) is 41.4. The van der Waals surface area contributed by atoms with E-state index in [2.05, 4.69) is 15.6 Å². The number of thiocarbonyl (C=S) groups is 1. The molecule has 20 heteroatoms. The van der Waals surface area contributed by atoms with Crippen LogP contribution in [0.1, 0.15) is 64.5 Å². The van der Waals surface area contributed by atoms with Gasteiger partial charge in [-0.05, 0) is 80.2 Å². The van der Waals surface area contributed by atoms with Crippen molar-refractivity contribution >= 4 is 47.5 Å². The average molecular weight is 857 g/mol. The summed E-state index contributed by atoms with van der Waals surface area (Å²) in [6.45, 7) is -2.35. The topological polar surface area (TPSA) is 243 Å². The Morgan fingerprint density at radius 3 is 2.41 bits per heavy atom. The Morgan fingerprint density at radius 1 is 1.03 bits per heavy atom. The van der Waals surface area contributed by atoms with Crippen molar-refractivity contribution < 1.29 is 53.4 Å². The van der Waals surface area contributed by atoms with Gasteiger partial charge in [-0.25, -0.2) is 9.59 Å². The zero-order valence-electron chi connectivity index (χ0n) is 31.0. The van der Waals surface area contributed by atoms with Crippen molar-refractivity contribution in [1.29, 1.82) is 0 Å². The molecular weight excluding hydrogens is 816 g/mol. The second kappa shape index (κ2) is 16.9. The summed E-state index contributed by atoms with van der Waals surface area (Å²) in [5.74, 6) is -0.435. The number of anilines is 1. The van der Waals surface area contributed by atoms with Crippen molar-refractivity contribution in [2.45, 2.75) is 56.6 Å². The molecule has 2 unspecified atom stereocenters. The van der Waals surface area contributed by atoms with Crippen LogP contribution in [0.3, 0.4) is 0 Å². The molecule has 4 aromatic rings. The number of ether oxygens (including phenoxy) is 3. The van der Waals surface area contributed by atoms with Crippen LogP contribution in [0.2, 0.25) is 0 Å². The second-order valence-electron chi connectivity index (χ2n) is 14.2. The van der Waals surface area contributed by atoms with E-state index in [1.807, 2.05) is 0 Å². The summed E-state index contributed by atoms with van der Waals surface area (Å²) >= 11 is 10.6. The molecule has 0 saturated carbocycles. The molecule has 58 heavy (non-hydrogen) atoms. The number of aromatic hydroxyl groups is 2. The number of nitrogens with zero attached hydrogens (tertiary/aromatic N) is 1. The third-order valence-corrected chi connectivity index (χ3v) is 12.0. The number of aromatic nitrogens is 2. The van der Waals surface area contributed by atoms with E-state index in [4.69, 9.17) is 47.3 Å². The van der Waals surface area contributed by atoms with Gasteiger partial charge in [-0.2, -0.15) is 0 Å². The first kappa shape index (κ1) is 41.5. The van der Waals surface area contributed by atoms with Gasteiger partial charge in [0, 0.05) is 71.8 Å². The SMILES string of the molecule is Cc1cn([C@H]2C[C@H](O)[C@@H](COP(O)(=S)OCC(CO)CCCCNC(=S)Nc3ccc4c(c3)C(=O)OC43c4ccc(O)cc4Oc4cc(O)ccc43)O2)c(=O)[nH]c1=O. The normalized spacial score (nSPS) is 20.3. The standard InChI is InChI=1S/C38H41N4O13PS2/c1-20-16-42(37(49)41-34(20)47)33-15-29(46)32(54-33)19-52-56(50,58)51-18-21(17-43)4-2-3-11-39-36(57)40-22-5-8-26-25(12-22)35(48)55-38(26)27-9-6-23(44)13-30(27)53-31-14-24(45)7-10-28(31)38/h5-10,12-14,16,21,29,32-33,43-46H,2-4,11,15,17-19H2,1H3,(H,50,58)(H2,39,40,57)(H,41,47,49)/t21?,29-,32+,33+,56?/m0/s1. The number of phenolic OH excluding ortho intramolecular Hbond substituents is 2. The molecule has 17 nitrogen and oxygen atoms in total. The summed E-state index contributed by atoms with van der Waals surface area (Å²) in [6, 6.07) is 14.3. The molecule has 1 aromatic heterocycles. The first-order valence-electron chi connectivity index (χ1n) is 18.3. The monoisotopic (exact) mass is 856 g/mol. The highest BCUT2D eigenvalue weighted by Crippen LogP contribution is 2.57. The molecule has 1 fully saturated rings. The molecule has 0 aliphatic carbocycles. The van der Waals surface area contributed by atoms with Gasteiger partial charge in [0.15, 0.2) is 10.7 Å². The third-order valence-electron chi connectivity index (χ3n) is 10.1. The number of benzene rings is 3. The van der Waals surface area contributed by atoms with E-state index in [9.17, 15) is 39.7 Å². The molecule has 0 bridgehead atoms. The lowest BCUT2D eigenvalue weighted by Crippen LogP contribution is -2.33. The number of unbranched alkanes of at least 4 members (excludes halogenated alkanes) is 1. The summed E-state index contributed by atoms with van der Waals surface area (Å²) in [6.07, 6.45) is 0.456. The minimum Gasteiger partial charge on any atom is -0.508 e. The van der Waals surface area contributed by atoms with E-state index >= 15 is 0 Å². The summed E-state index contributed by atoms with van der Waals surface area (Å²) in [5, 5.41) is 47.2. The van der Waals surface area contributed by atoms with E-state index in [-0.39, 0.29) is 55.2 Å². The Kier molecular flexibility index (Phi) is 12.1. The van der Waals surface area contributed by atoms with Crippen molar-refractivity contribution in [2.75, 3.05) is 31.7 Å². The number of nitrogens with one attached hydrogen (secondary N) is 3. The smallest absolute Gasteiger partial charge is 0.340 e. The minimum absolute atomic E-state index is 0.0377. The third kappa shape index (κ3) is 8.54. The fourth-order valence-electron chi connectivity index (χ4n) is 7.19. The first-order chi connectivity index (χ1) is 27.7. The van der Waals surface area contributed by atoms with Crippen molar-refractivity contribution in [2.24, 2.45) is 5.92 Å². The predicted octanol–water partition coefficient (Wildman–Crippen LogP) is 3.49. The lowest BCUT2D eigenvalue weighted by Gasteiger charge is -2.36. The first-order valence-corrected chi connectivity index (χ1v) is 21.3. The van der Waals surface area contributed by atoms with Crippen LogP contribution in [0, 0.1) is 12.8 Å². The highest BCUT2D eigenvalue weighted by molar-refractivity contribution is 8.07. The van der Waals surface area contributed by atoms with Gasteiger partial charge >= 0.3 is 18.4 Å². The lowest BCUT2D eigenvalue weighted by molar-refractivity contribution is -0.0441. The van der Waals surface area contributed by atoms with Crippen molar-refractivity contribution in [3.63, 3.8) is 0 Å². The Balaban J connectivity index is 0.866. The van der Waals surface area contributed by atoms with E-state index in [0.717, 1.165) is 0 Å². The second-order valence-corrected chi connectivity index (χ2v) is 17.4. The number of aliphatic hydroxyl groups is 2. The highest BCUT2D eigenvalue weighted by atomic mass is 32.5. The van der Waals surface area contributed by atoms with Gasteiger partial charge in [-0.15, -0.1) is 0 Å². The molecular formula is C38H41N4O13PS2. The maximum absolute atomic E-state index is 13.4. The largest absolute Gasteiger partial charge is 0.508 e. The summed E-state index contributed by atoms with van der Waals surface area (Å²) in [7, 11) is 0. The molecule has 0 radical (unpaired) electrons. The molecule has 3 aromatic carbocycles. The number of H-pyrrole nitrogens is 1. The highest BCUT2D eigenvalue weighted by Gasteiger charge is 2.53. The average Bonchev–Trinajstić information content (AvgIpc) is 3.69. The van der Waals surface area contributed by atoms with Crippen LogP contribution in [0.5, 0.6) is 23.0 Å². The number of phenols is 2. The van der Waals surface area contributed by atoms with Crippen molar-refractivity contribution in [1.82, 2.24) is 14.9 Å². The Morgan fingerprint density at radius 2 is 1.72 bits per heavy atom. The number of fused-ring (bicyclic) bond motifs is 6. The summed E-state index contributed by atoms with van der Waals surface area (Å²) < 4.78 is 29.9. The van der Waals surface area contributed by atoms with Crippen molar-refractivity contribution in [3.05, 3.63) is 109 Å². The molecule has 3 aliphatic rings. The Hall–Kier alpha value is -4.69. The molecule has 5 atom stereocenters. The van der Waals surface area contributed by atoms with E-state index in [1.54, 1.807) is 30.3 Å².